The SMILES string of the molecule is CC1(C)OC(=O)N(C2CCC(n3c(=O)[nH]c4c(F)cc(F)cc43)CC2)[C@H]1c1ccccc1. The number of rotatable bonds is 3. The van der Waals surface area contributed by atoms with Gasteiger partial charge >= 0.3 is 11.8 Å². The van der Waals surface area contributed by atoms with E-state index in [9.17, 15) is 18.4 Å². The van der Waals surface area contributed by atoms with Crippen LogP contribution < -0.4 is 5.69 Å². The Labute approximate surface area is 183 Å². The van der Waals surface area contributed by atoms with Gasteiger partial charge in [0.2, 0.25) is 0 Å². The lowest BCUT2D eigenvalue weighted by Crippen LogP contribution is -2.43. The van der Waals surface area contributed by atoms with Gasteiger partial charge in [-0.05, 0) is 45.1 Å². The Bertz CT molecular complexity index is 1230. The van der Waals surface area contributed by atoms with E-state index in [-0.39, 0.29) is 35.3 Å². The Morgan fingerprint density at radius 2 is 1.66 bits per heavy atom. The van der Waals surface area contributed by atoms with Crippen LogP contribution in [0.1, 0.15) is 57.2 Å². The predicted molar refractivity (Wildman–Crippen MR) is 115 cm³/mol. The molecule has 32 heavy (non-hydrogen) atoms. The molecule has 1 N–H and O–H groups in total. The summed E-state index contributed by atoms with van der Waals surface area (Å²) in [5, 5.41) is 0. The first-order chi connectivity index (χ1) is 15.3. The standard InChI is InChI=1S/C24H25F2N3O3/c1-24(2)21(14-6-4-3-5-7-14)29(23(31)32-24)17-10-8-16(9-11-17)28-19-13-15(25)12-18(26)20(19)27-22(28)30/h3-7,12-13,16-17,21H,8-11H2,1-2H3,(H,27,30)/t16?,17?,21-/m0/s1. The summed E-state index contributed by atoms with van der Waals surface area (Å²) in [6.45, 7) is 3.84. The fourth-order valence-corrected chi connectivity index (χ4v) is 5.44. The number of carbonyl (C=O) groups is 1. The largest absolute Gasteiger partial charge is 0.441 e. The normalized spacial score (nSPS) is 25.3. The van der Waals surface area contributed by atoms with Crippen molar-refractivity contribution in [3.63, 3.8) is 0 Å². The zero-order chi connectivity index (χ0) is 22.6. The molecule has 1 amide bonds. The zero-order valence-corrected chi connectivity index (χ0v) is 18.0. The third-order valence-corrected chi connectivity index (χ3v) is 6.78. The van der Waals surface area contributed by atoms with Crippen molar-refractivity contribution in [3.8, 4) is 0 Å². The highest BCUT2D eigenvalue weighted by Gasteiger charge is 2.51. The van der Waals surface area contributed by atoms with Gasteiger partial charge in [-0.25, -0.2) is 18.4 Å². The summed E-state index contributed by atoms with van der Waals surface area (Å²) >= 11 is 0. The van der Waals surface area contributed by atoms with E-state index in [1.165, 1.54) is 10.6 Å². The third-order valence-electron chi connectivity index (χ3n) is 6.78. The van der Waals surface area contributed by atoms with Crippen molar-refractivity contribution in [2.24, 2.45) is 0 Å². The van der Waals surface area contributed by atoms with Crippen LogP contribution in [0.3, 0.4) is 0 Å². The number of halogens is 2. The van der Waals surface area contributed by atoms with E-state index in [1.807, 2.05) is 49.1 Å². The van der Waals surface area contributed by atoms with E-state index in [2.05, 4.69) is 4.98 Å². The Hall–Kier alpha value is -3.16. The minimum absolute atomic E-state index is 0.0209. The van der Waals surface area contributed by atoms with Gasteiger partial charge in [0.1, 0.15) is 16.9 Å². The van der Waals surface area contributed by atoms with Crippen molar-refractivity contribution in [1.82, 2.24) is 14.5 Å². The van der Waals surface area contributed by atoms with Crippen LogP contribution in [0.15, 0.2) is 47.3 Å². The first kappa shape index (κ1) is 20.7. The number of nitrogens with zero attached hydrogens (tertiary/aromatic N) is 2. The molecular formula is C24H25F2N3O3. The van der Waals surface area contributed by atoms with E-state index >= 15 is 0 Å². The first-order valence-corrected chi connectivity index (χ1v) is 10.9. The van der Waals surface area contributed by atoms with Gasteiger partial charge in [-0.3, -0.25) is 9.47 Å². The number of nitrogens with one attached hydrogen (secondary N) is 1. The van der Waals surface area contributed by atoms with Gasteiger partial charge in [-0.15, -0.1) is 0 Å². The molecule has 2 aromatic carbocycles. The molecule has 1 aliphatic heterocycles. The van der Waals surface area contributed by atoms with Crippen LogP contribution in [0.5, 0.6) is 0 Å². The molecule has 2 aliphatic rings. The molecule has 6 nitrogen and oxygen atoms in total. The molecule has 0 unspecified atom stereocenters. The summed E-state index contributed by atoms with van der Waals surface area (Å²) in [5.74, 6) is -1.50. The lowest BCUT2D eigenvalue weighted by Gasteiger charge is -2.38. The summed E-state index contributed by atoms with van der Waals surface area (Å²) in [6.07, 6.45) is 2.22. The molecule has 1 saturated carbocycles. The second-order valence-corrected chi connectivity index (χ2v) is 9.24. The van der Waals surface area contributed by atoms with Gasteiger partial charge in [-0.2, -0.15) is 0 Å². The molecular weight excluding hydrogens is 416 g/mol. The Morgan fingerprint density at radius 3 is 2.34 bits per heavy atom. The van der Waals surface area contributed by atoms with Crippen molar-refractivity contribution in [1.29, 1.82) is 0 Å². The zero-order valence-electron chi connectivity index (χ0n) is 18.0. The van der Waals surface area contributed by atoms with Crippen molar-refractivity contribution in [2.75, 3.05) is 0 Å². The fourth-order valence-electron chi connectivity index (χ4n) is 5.44. The number of aromatic nitrogens is 2. The Balaban J connectivity index is 1.41. The van der Waals surface area contributed by atoms with E-state index < -0.39 is 22.9 Å². The monoisotopic (exact) mass is 441 g/mol. The summed E-state index contributed by atoms with van der Waals surface area (Å²) in [6, 6.07) is 11.3. The molecule has 3 aromatic rings. The number of H-pyrrole nitrogens is 1. The fraction of sp³-hybridized carbons (Fsp3) is 0.417. The number of hydrogen-bond donors (Lipinski definition) is 1. The van der Waals surface area contributed by atoms with Crippen LogP contribution >= 0.6 is 0 Å². The minimum atomic E-state index is -0.780. The van der Waals surface area contributed by atoms with E-state index in [4.69, 9.17) is 4.74 Å². The second kappa shape index (κ2) is 7.46. The quantitative estimate of drug-likeness (QED) is 0.618. The number of fused-ring (bicyclic) bond motifs is 1. The van der Waals surface area contributed by atoms with Crippen LogP contribution in [0.2, 0.25) is 0 Å². The molecule has 2 fully saturated rings. The van der Waals surface area contributed by atoms with Gasteiger partial charge in [0.15, 0.2) is 5.82 Å². The van der Waals surface area contributed by atoms with E-state index in [0.717, 1.165) is 11.6 Å². The number of aromatic amines is 1. The molecule has 1 aromatic heterocycles. The molecule has 0 bridgehead atoms. The highest BCUT2D eigenvalue weighted by Crippen LogP contribution is 2.45. The number of hydrogen-bond acceptors (Lipinski definition) is 3. The number of amides is 1. The summed E-state index contributed by atoms with van der Waals surface area (Å²) in [4.78, 5) is 29.7. The number of benzene rings is 2. The lowest BCUT2D eigenvalue weighted by atomic mass is 9.86. The molecule has 1 atom stereocenters. The van der Waals surface area contributed by atoms with E-state index in [0.29, 0.717) is 25.7 Å². The Kier molecular flexibility index (Phi) is 4.83. The van der Waals surface area contributed by atoms with Crippen LogP contribution in [-0.2, 0) is 4.74 Å². The maximum absolute atomic E-state index is 14.1. The van der Waals surface area contributed by atoms with Gasteiger partial charge in [0, 0.05) is 24.2 Å². The topological polar surface area (TPSA) is 67.3 Å². The summed E-state index contributed by atoms with van der Waals surface area (Å²) in [5.41, 5.74) is 0.159. The van der Waals surface area contributed by atoms with Gasteiger partial charge in [0.05, 0.1) is 11.6 Å². The summed E-state index contributed by atoms with van der Waals surface area (Å²) in [7, 11) is 0. The molecule has 168 valence electrons. The maximum atomic E-state index is 14.1. The highest BCUT2D eigenvalue weighted by molar-refractivity contribution is 5.76. The second-order valence-electron chi connectivity index (χ2n) is 9.24. The molecule has 8 heteroatoms. The van der Waals surface area contributed by atoms with Gasteiger partial charge in [-0.1, -0.05) is 30.3 Å². The number of cyclic esters (lactones) is 1. The van der Waals surface area contributed by atoms with Gasteiger partial charge < -0.3 is 9.72 Å². The molecule has 5 rings (SSSR count). The van der Waals surface area contributed by atoms with Crippen molar-refractivity contribution >= 4 is 17.1 Å². The predicted octanol–water partition coefficient (Wildman–Crippen LogP) is 5.06. The van der Waals surface area contributed by atoms with Crippen LogP contribution in [-0.4, -0.2) is 32.2 Å². The number of imidazole rings is 1. The number of ether oxygens (including phenoxy) is 1. The smallest absolute Gasteiger partial charge is 0.411 e. The molecule has 1 aliphatic carbocycles. The molecule has 0 spiro atoms. The van der Waals surface area contributed by atoms with Crippen molar-refractivity contribution in [3.05, 3.63) is 70.1 Å². The third kappa shape index (κ3) is 3.29. The lowest BCUT2D eigenvalue weighted by molar-refractivity contribution is 0.0662. The highest BCUT2D eigenvalue weighted by atomic mass is 19.1. The van der Waals surface area contributed by atoms with Crippen molar-refractivity contribution in [2.45, 2.75) is 63.3 Å². The average molecular weight is 441 g/mol. The van der Waals surface area contributed by atoms with Crippen LogP contribution in [0.4, 0.5) is 13.6 Å². The average Bonchev–Trinajstić information content (AvgIpc) is 3.20. The van der Waals surface area contributed by atoms with Crippen LogP contribution in [0, 0.1) is 11.6 Å². The number of carbonyl (C=O) groups excluding carboxylic acids is 1. The summed E-state index contributed by atoms with van der Waals surface area (Å²) < 4.78 is 35.1. The maximum Gasteiger partial charge on any atom is 0.411 e. The van der Waals surface area contributed by atoms with Crippen molar-refractivity contribution < 1.29 is 18.3 Å². The Morgan fingerprint density at radius 1 is 1.00 bits per heavy atom. The minimum Gasteiger partial charge on any atom is -0.441 e. The molecule has 1 saturated heterocycles. The first-order valence-electron chi connectivity index (χ1n) is 10.9. The van der Waals surface area contributed by atoms with Gasteiger partial charge in [0.25, 0.3) is 0 Å². The van der Waals surface area contributed by atoms with E-state index in [1.54, 1.807) is 0 Å². The van der Waals surface area contributed by atoms with Crippen LogP contribution in [0.25, 0.3) is 11.0 Å². The molecule has 0 radical (unpaired) electrons. The molecule has 2 heterocycles.